The van der Waals surface area contributed by atoms with E-state index in [9.17, 15) is 9.18 Å². The highest BCUT2D eigenvalue weighted by Gasteiger charge is 2.18. The molecule has 0 amide bonds. The van der Waals surface area contributed by atoms with Crippen LogP contribution in [0.4, 0.5) is 4.39 Å². The van der Waals surface area contributed by atoms with E-state index >= 15 is 0 Å². The van der Waals surface area contributed by atoms with E-state index in [1.807, 2.05) is 0 Å². The predicted molar refractivity (Wildman–Crippen MR) is 48.5 cm³/mol. The Morgan fingerprint density at radius 3 is 2.14 bits per heavy atom. The maximum absolute atomic E-state index is 12.5. The first kappa shape index (κ1) is 10.8. The van der Waals surface area contributed by atoms with Crippen molar-refractivity contribution in [2.24, 2.45) is 0 Å². The topological polar surface area (TPSA) is 35.5 Å². The van der Waals surface area contributed by atoms with E-state index in [4.69, 9.17) is 9.47 Å². The first-order valence-electron chi connectivity index (χ1n) is 4.04. The Kier molecular flexibility index (Phi) is 3.73. The number of hydrogen-bond acceptors (Lipinski definition) is 3. The predicted octanol–water partition coefficient (Wildman–Crippen LogP) is 1.63. The maximum atomic E-state index is 12.5. The molecule has 0 radical (unpaired) electrons. The molecular weight excluding hydrogens is 189 g/mol. The van der Waals surface area contributed by atoms with Crippen LogP contribution in [-0.2, 0) is 9.47 Å². The minimum absolute atomic E-state index is 0.324. The largest absolute Gasteiger partial charge is 0.349 e. The number of carbonyl (C=O) groups is 1. The lowest BCUT2D eigenvalue weighted by Gasteiger charge is -2.11. The minimum Gasteiger partial charge on any atom is -0.349 e. The molecule has 0 saturated carbocycles. The Hall–Kier alpha value is -1.26. The van der Waals surface area contributed by atoms with Crippen LogP contribution in [-0.4, -0.2) is 26.3 Å². The molecule has 0 aliphatic heterocycles. The van der Waals surface area contributed by atoms with Gasteiger partial charge in [0.1, 0.15) is 5.82 Å². The first-order chi connectivity index (χ1) is 6.69. The van der Waals surface area contributed by atoms with Crippen molar-refractivity contribution >= 4 is 5.78 Å². The Balaban J connectivity index is 2.83. The summed E-state index contributed by atoms with van der Waals surface area (Å²) >= 11 is 0. The van der Waals surface area contributed by atoms with Gasteiger partial charge >= 0.3 is 0 Å². The Morgan fingerprint density at radius 1 is 1.21 bits per heavy atom. The molecule has 0 heterocycles. The fourth-order valence-corrected chi connectivity index (χ4v) is 1.06. The van der Waals surface area contributed by atoms with E-state index in [1.165, 1.54) is 38.5 Å². The monoisotopic (exact) mass is 200 g/mol. The van der Waals surface area contributed by atoms with Crippen molar-refractivity contribution in [2.75, 3.05) is 14.2 Å². The molecule has 0 aliphatic rings. The molecule has 0 fully saturated rings. The van der Waals surface area contributed by atoms with Gasteiger partial charge in [-0.15, -0.1) is 0 Å². The smallest absolute Gasteiger partial charge is 0.222 e. The zero-order chi connectivity index (χ0) is 10.6. The van der Waals surface area contributed by atoms with Gasteiger partial charge in [-0.25, -0.2) is 4.39 Å². The third-order valence-electron chi connectivity index (χ3n) is 1.77. The first-order valence-corrected chi connectivity index (χ1v) is 4.04. The van der Waals surface area contributed by atoms with Crippen LogP contribution < -0.4 is 0 Å². The highest BCUT2D eigenvalue weighted by molar-refractivity contribution is 5.98. The van der Waals surface area contributed by atoms with Crippen LogP contribution in [0.15, 0.2) is 24.3 Å². The SMILES string of the molecule is COC(OC)[14C](=O)c1ccc(F)cc1. The van der Waals surface area contributed by atoms with Gasteiger partial charge in [0.2, 0.25) is 12.1 Å². The summed E-state index contributed by atoms with van der Waals surface area (Å²) in [5.41, 5.74) is 0.361. The van der Waals surface area contributed by atoms with Gasteiger partial charge in [-0.3, -0.25) is 4.79 Å². The van der Waals surface area contributed by atoms with Crippen molar-refractivity contribution in [3.05, 3.63) is 35.6 Å². The molecule has 0 aromatic heterocycles. The molecular formula is C10H11FO3. The summed E-state index contributed by atoms with van der Waals surface area (Å²) in [4.78, 5) is 11.5. The zero-order valence-corrected chi connectivity index (χ0v) is 7.99. The van der Waals surface area contributed by atoms with Crippen LogP contribution in [0, 0.1) is 5.82 Å². The summed E-state index contributed by atoms with van der Waals surface area (Å²) in [7, 11) is 2.74. The Morgan fingerprint density at radius 2 is 1.71 bits per heavy atom. The van der Waals surface area contributed by atoms with Crippen molar-refractivity contribution in [3.63, 3.8) is 0 Å². The number of ether oxygens (including phenoxy) is 2. The normalized spacial score (nSPS) is 10.6. The molecule has 0 atom stereocenters. The van der Waals surface area contributed by atoms with Crippen molar-refractivity contribution in [1.29, 1.82) is 0 Å². The molecule has 3 nitrogen and oxygen atoms in total. The van der Waals surface area contributed by atoms with E-state index < -0.39 is 6.29 Å². The summed E-state index contributed by atoms with van der Waals surface area (Å²) in [5.74, 6) is -0.706. The number of Topliss-reactive ketones (excluding diaryl/α,β-unsaturated/α-hetero) is 1. The number of ketones is 1. The van der Waals surface area contributed by atoms with E-state index in [2.05, 4.69) is 0 Å². The lowest BCUT2D eigenvalue weighted by molar-refractivity contribution is -0.0742. The van der Waals surface area contributed by atoms with Gasteiger partial charge in [0.25, 0.3) is 0 Å². The molecule has 0 spiro atoms. The molecule has 76 valence electrons. The summed E-state index contributed by atoms with van der Waals surface area (Å²) in [6.07, 6.45) is -0.930. The van der Waals surface area contributed by atoms with Crippen LogP contribution >= 0.6 is 0 Å². The van der Waals surface area contributed by atoms with Gasteiger partial charge in [-0.05, 0) is 24.3 Å². The molecule has 0 unspecified atom stereocenters. The fraction of sp³-hybridized carbons (Fsp3) is 0.300. The molecule has 1 rings (SSSR count). The number of carbonyl (C=O) groups excluding carboxylic acids is 1. The van der Waals surface area contributed by atoms with Gasteiger partial charge in [0.15, 0.2) is 0 Å². The van der Waals surface area contributed by atoms with Crippen molar-refractivity contribution in [3.8, 4) is 0 Å². The third kappa shape index (κ3) is 2.37. The summed E-state index contributed by atoms with van der Waals surface area (Å²) < 4.78 is 22.1. The molecule has 0 saturated heterocycles. The van der Waals surface area contributed by atoms with Gasteiger partial charge < -0.3 is 9.47 Å². The van der Waals surface area contributed by atoms with Gasteiger partial charge in [0.05, 0.1) is 0 Å². The average molecular weight is 200 g/mol. The Labute approximate surface area is 81.4 Å². The molecule has 1 aromatic rings. The fourth-order valence-electron chi connectivity index (χ4n) is 1.06. The highest BCUT2D eigenvalue weighted by Crippen LogP contribution is 2.08. The molecule has 14 heavy (non-hydrogen) atoms. The number of hydrogen-bond donors (Lipinski definition) is 0. The second-order valence-electron chi connectivity index (χ2n) is 2.67. The molecule has 4 heteroatoms. The number of methoxy groups -OCH3 is 2. The lowest BCUT2D eigenvalue weighted by atomic mass is 10.3. The minimum atomic E-state index is -0.930. The maximum Gasteiger partial charge on any atom is 0.222 e. The lowest BCUT2D eigenvalue weighted by Crippen LogP contribution is -2.24. The molecule has 0 aliphatic carbocycles. The average Bonchev–Trinajstić information content (AvgIpc) is 2.20. The van der Waals surface area contributed by atoms with Crippen LogP contribution in [0.5, 0.6) is 0 Å². The highest BCUT2D eigenvalue weighted by atomic mass is 19.1. The second kappa shape index (κ2) is 4.83. The number of halogens is 1. The van der Waals surface area contributed by atoms with E-state index in [0.717, 1.165) is 0 Å². The second-order valence-corrected chi connectivity index (χ2v) is 2.67. The number of benzene rings is 1. The van der Waals surface area contributed by atoms with Gasteiger partial charge in [-0.2, -0.15) is 0 Å². The Bertz CT molecular complexity index is 304. The van der Waals surface area contributed by atoms with E-state index in [1.54, 1.807) is 0 Å². The van der Waals surface area contributed by atoms with Gasteiger partial charge in [-0.1, -0.05) is 0 Å². The van der Waals surface area contributed by atoms with Crippen molar-refractivity contribution < 1.29 is 18.7 Å². The summed E-state index contributed by atoms with van der Waals surface area (Å²) in [6.45, 7) is 0. The summed E-state index contributed by atoms with van der Waals surface area (Å²) in [5, 5.41) is 0. The molecule has 1 aromatic carbocycles. The van der Waals surface area contributed by atoms with E-state index in [0.29, 0.717) is 5.56 Å². The van der Waals surface area contributed by atoms with Crippen LogP contribution in [0.3, 0.4) is 0 Å². The van der Waals surface area contributed by atoms with Crippen molar-refractivity contribution in [1.82, 2.24) is 0 Å². The standard InChI is InChI=1S/C10H11FO3/c1-13-10(14-2)9(12)7-3-5-8(11)6-4-7/h3-6,10H,1-2H3/i9+2. The van der Waals surface area contributed by atoms with Crippen LogP contribution in [0.1, 0.15) is 10.4 Å². The van der Waals surface area contributed by atoms with Crippen LogP contribution in [0.25, 0.3) is 0 Å². The molecule has 0 bridgehead atoms. The van der Waals surface area contributed by atoms with Gasteiger partial charge in [0, 0.05) is 19.8 Å². The number of rotatable bonds is 4. The van der Waals surface area contributed by atoms with Crippen LogP contribution in [0.2, 0.25) is 0 Å². The van der Waals surface area contributed by atoms with E-state index in [-0.39, 0.29) is 11.6 Å². The third-order valence-corrected chi connectivity index (χ3v) is 1.77. The zero-order valence-electron chi connectivity index (χ0n) is 7.99. The quantitative estimate of drug-likeness (QED) is 0.547. The summed E-state index contributed by atoms with van der Waals surface area (Å²) in [6, 6.07) is 5.22. The van der Waals surface area contributed by atoms with Crippen molar-refractivity contribution in [2.45, 2.75) is 6.29 Å². The molecule has 0 N–H and O–H groups in total.